The van der Waals surface area contributed by atoms with Gasteiger partial charge in [-0.25, -0.2) is 9.97 Å². The number of hydrogen-bond donors (Lipinski definition) is 1. The second kappa shape index (κ2) is 5.30. The molecule has 1 aromatic carbocycles. The maximum absolute atomic E-state index is 5.66. The normalized spacial score (nSPS) is 10.2. The van der Waals surface area contributed by atoms with Gasteiger partial charge in [-0.2, -0.15) is 0 Å². The summed E-state index contributed by atoms with van der Waals surface area (Å²) < 4.78 is 5.66. The molecule has 1 heterocycles. The number of nitrogen functional groups attached to an aromatic ring is 1. The van der Waals surface area contributed by atoms with Gasteiger partial charge in [-0.3, -0.25) is 0 Å². The lowest BCUT2D eigenvalue weighted by molar-refractivity contribution is 0.318. The summed E-state index contributed by atoms with van der Waals surface area (Å²) in [4.78, 5) is 8.41. The quantitative estimate of drug-likeness (QED) is 0.875. The van der Waals surface area contributed by atoms with Gasteiger partial charge in [0, 0.05) is 6.20 Å². The summed E-state index contributed by atoms with van der Waals surface area (Å²) in [5.74, 6) is 1.84. The average molecular weight is 229 g/mol. The van der Waals surface area contributed by atoms with Crippen molar-refractivity contribution in [3.63, 3.8) is 0 Å². The highest BCUT2D eigenvalue weighted by atomic mass is 16.5. The zero-order chi connectivity index (χ0) is 12.1. The Labute approximate surface area is 100 Å². The van der Waals surface area contributed by atoms with Crippen LogP contribution >= 0.6 is 0 Å². The van der Waals surface area contributed by atoms with E-state index in [-0.39, 0.29) is 0 Å². The molecule has 2 rings (SSSR count). The van der Waals surface area contributed by atoms with Crippen LogP contribution in [0.2, 0.25) is 0 Å². The zero-order valence-electron chi connectivity index (χ0n) is 9.76. The largest absolute Gasteiger partial charge is 0.493 e. The number of aromatic nitrogens is 2. The Balaban J connectivity index is 2.37. The zero-order valence-corrected chi connectivity index (χ0v) is 9.76. The number of nitrogens with two attached hydrogens (primary N) is 1. The van der Waals surface area contributed by atoms with Gasteiger partial charge >= 0.3 is 0 Å². The first kappa shape index (κ1) is 11.4. The fourth-order valence-corrected chi connectivity index (χ4v) is 1.49. The van der Waals surface area contributed by atoms with Crippen LogP contribution in [-0.2, 0) is 0 Å². The average Bonchev–Trinajstić information content (AvgIpc) is 2.37. The minimum absolute atomic E-state index is 0.459. The molecule has 0 spiro atoms. The molecule has 0 bridgehead atoms. The number of anilines is 1. The third kappa shape index (κ3) is 2.72. The summed E-state index contributed by atoms with van der Waals surface area (Å²) in [6, 6.07) is 9.37. The predicted molar refractivity (Wildman–Crippen MR) is 67.7 cm³/mol. The number of rotatable bonds is 4. The van der Waals surface area contributed by atoms with Crippen molar-refractivity contribution in [2.24, 2.45) is 0 Å². The summed E-state index contributed by atoms with van der Waals surface area (Å²) in [6.45, 7) is 2.75. The fourth-order valence-electron chi connectivity index (χ4n) is 1.49. The molecule has 4 heteroatoms. The Morgan fingerprint density at radius 1 is 1.24 bits per heavy atom. The molecular weight excluding hydrogens is 214 g/mol. The van der Waals surface area contributed by atoms with E-state index in [0.717, 1.165) is 17.7 Å². The van der Waals surface area contributed by atoms with Crippen molar-refractivity contribution >= 4 is 5.82 Å². The monoisotopic (exact) mass is 229 g/mol. The third-order valence-electron chi connectivity index (χ3n) is 2.27. The number of hydrogen-bond acceptors (Lipinski definition) is 4. The van der Waals surface area contributed by atoms with Crippen molar-refractivity contribution < 1.29 is 4.74 Å². The van der Waals surface area contributed by atoms with Crippen molar-refractivity contribution in [3.8, 4) is 17.1 Å². The van der Waals surface area contributed by atoms with Gasteiger partial charge in [-0.15, -0.1) is 0 Å². The second-order valence-corrected chi connectivity index (χ2v) is 3.65. The van der Waals surface area contributed by atoms with Crippen molar-refractivity contribution in [1.29, 1.82) is 0 Å². The molecule has 0 unspecified atom stereocenters. The smallest absolute Gasteiger partial charge is 0.165 e. The number of ether oxygens (including phenoxy) is 1. The lowest BCUT2D eigenvalue weighted by Crippen LogP contribution is -1.99. The van der Waals surface area contributed by atoms with E-state index in [2.05, 4.69) is 16.9 Å². The van der Waals surface area contributed by atoms with Crippen molar-refractivity contribution in [2.75, 3.05) is 12.3 Å². The van der Waals surface area contributed by atoms with E-state index in [1.807, 2.05) is 24.3 Å². The molecule has 0 radical (unpaired) electrons. The van der Waals surface area contributed by atoms with Gasteiger partial charge in [0.1, 0.15) is 11.6 Å². The Morgan fingerprint density at radius 3 is 2.82 bits per heavy atom. The second-order valence-electron chi connectivity index (χ2n) is 3.65. The van der Waals surface area contributed by atoms with Crippen molar-refractivity contribution in [3.05, 3.63) is 36.5 Å². The lowest BCUT2D eigenvalue weighted by atomic mass is 10.2. The van der Waals surface area contributed by atoms with Crippen molar-refractivity contribution in [1.82, 2.24) is 9.97 Å². The Bertz CT molecular complexity index is 500. The van der Waals surface area contributed by atoms with E-state index in [1.165, 1.54) is 0 Å². The maximum atomic E-state index is 5.66. The van der Waals surface area contributed by atoms with Gasteiger partial charge in [0.2, 0.25) is 0 Å². The van der Waals surface area contributed by atoms with Gasteiger partial charge in [-0.05, 0) is 24.6 Å². The summed E-state index contributed by atoms with van der Waals surface area (Å²) >= 11 is 0. The Hall–Kier alpha value is -2.10. The van der Waals surface area contributed by atoms with Crippen LogP contribution in [0.3, 0.4) is 0 Å². The fraction of sp³-hybridized carbons (Fsp3) is 0.231. The van der Waals surface area contributed by atoms with Gasteiger partial charge in [0.05, 0.1) is 12.2 Å². The first-order valence-corrected chi connectivity index (χ1v) is 5.62. The number of nitrogens with zero attached hydrogens (tertiary/aromatic N) is 2. The van der Waals surface area contributed by atoms with Gasteiger partial charge in [0.15, 0.2) is 5.82 Å². The molecule has 0 aliphatic carbocycles. The summed E-state index contributed by atoms with van der Waals surface area (Å²) in [6.07, 6.45) is 2.61. The molecule has 0 saturated carbocycles. The Kier molecular flexibility index (Phi) is 3.55. The van der Waals surface area contributed by atoms with Crippen LogP contribution in [0, 0.1) is 0 Å². The summed E-state index contributed by atoms with van der Waals surface area (Å²) in [7, 11) is 0. The highest BCUT2D eigenvalue weighted by Crippen LogP contribution is 2.27. The molecule has 2 N–H and O–H groups in total. The maximum Gasteiger partial charge on any atom is 0.165 e. The SMILES string of the molecule is CCCOc1ccccc1-c1nccc(N)n1. The highest BCUT2D eigenvalue weighted by Gasteiger charge is 2.08. The molecule has 1 aromatic heterocycles. The van der Waals surface area contributed by atoms with Crippen molar-refractivity contribution in [2.45, 2.75) is 13.3 Å². The molecule has 0 atom stereocenters. The molecule has 0 saturated heterocycles. The molecule has 0 amide bonds. The predicted octanol–water partition coefficient (Wildman–Crippen LogP) is 2.51. The first-order chi connectivity index (χ1) is 8.31. The highest BCUT2D eigenvalue weighted by molar-refractivity contribution is 5.64. The third-order valence-corrected chi connectivity index (χ3v) is 2.27. The Morgan fingerprint density at radius 2 is 2.06 bits per heavy atom. The van der Waals surface area contributed by atoms with E-state index in [0.29, 0.717) is 18.2 Å². The number of para-hydroxylation sites is 1. The van der Waals surface area contributed by atoms with Crippen LogP contribution in [-0.4, -0.2) is 16.6 Å². The lowest BCUT2D eigenvalue weighted by Gasteiger charge is -2.09. The van der Waals surface area contributed by atoms with E-state index < -0.39 is 0 Å². The van der Waals surface area contributed by atoms with Crippen LogP contribution in [0.15, 0.2) is 36.5 Å². The van der Waals surface area contributed by atoms with E-state index in [1.54, 1.807) is 12.3 Å². The van der Waals surface area contributed by atoms with Crippen LogP contribution < -0.4 is 10.5 Å². The molecule has 2 aromatic rings. The standard InChI is InChI=1S/C13H15N3O/c1-2-9-17-11-6-4-3-5-10(11)13-15-8-7-12(14)16-13/h3-8H,2,9H2,1H3,(H2,14,15,16). The van der Waals surface area contributed by atoms with E-state index >= 15 is 0 Å². The molecular formula is C13H15N3O. The van der Waals surface area contributed by atoms with Crippen LogP contribution in [0.25, 0.3) is 11.4 Å². The van der Waals surface area contributed by atoms with Gasteiger partial charge in [-0.1, -0.05) is 19.1 Å². The van der Waals surface area contributed by atoms with Crippen LogP contribution in [0.1, 0.15) is 13.3 Å². The van der Waals surface area contributed by atoms with E-state index in [9.17, 15) is 0 Å². The molecule has 88 valence electrons. The first-order valence-electron chi connectivity index (χ1n) is 5.62. The molecule has 17 heavy (non-hydrogen) atoms. The van der Waals surface area contributed by atoms with Gasteiger partial charge in [0.25, 0.3) is 0 Å². The van der Waals surface area contributed by atoms with Crippen LogP contribution in [0.4, 0.5) is 5.82 Å². The molecule has 4 nitrogen and oxygen atoms in total. The van der Waals surface area contributed by atoms with Gasteiger partial charge < -0.3 is 10.5 Å². The summed E-state index contributed by atoms with van der Waals surface area (Å²) in [5.41, 5.74) is 6.52. The van der Waals surface area contributed by atoms with E-state index in [4.69, 9.17) is 10.5 Å². The van der Waals surface area contributed by atoms with Crippen LogP contribution in [0.5, 0.6) is 5.75 Å². The molecule has 0 aliphatic heterocycles. The minimum Gasteiger partial charge on any atom is -0.493 e. The molecule has 0 fully saturated rings. The molecule has 0 aliphatic rings. The number of benzene rings is 1. The topological polar surface area (TPSA) is 61.0 Å². The minimum atomic E-state index is 0.459. The summed E-state index contributed by atoms with van der Waals surface area (Å²) in [5, 5.41) is 0.